The second-order valence-corrected chi connectivity index (χ2v) is 8.25. The molecule has 35 heavy (non-hydrogen) atoms. The average molecular weight is 489 g/mol. The molecule has 0 spiro atoms. The molecule has 1 heterocycles. The van der Waals surface area contributed by atoms with Crippen molar-refractivity contribution in [3.05, 3.63) is 48.0 Å². The number of imidazole rings is 1. The molecule has 0 aliphatic heterocycles. The Morgan fingerprint density at radius 2 is 1.69 bits per heavy atom. The molecule has 190 valence electrons. The minimum atomic E-state index is -1.27. The lowest BCUT2D eigenvalue weighted by Crippen LogP contribution is -2.58. The zero-order valence-electron chi connectivity index (χ0n) is 19.7. The number of aromatic nitrogens is 2. The lowest BCUT2D eigenvalue weighted by molar-refractivity contribution is -0.142. The predicted octanol–water partition coefficient (Wildman–Crippen LogP) is -0.556. The molecule has 2 aromatic rings. The molecule has 2 rings (SSSR count). The summed E-state index contributed by atoms with van der Waals surface area (Å²) in [5, 5.41) is 26.8. The topological polar surface area (TPSA) is 200 Å². The zero-order chi connectivity index (χ0) is 26.0. The van der Waals surface area contributed by atoms with Gasteiger partial charge in [-0.1, -0.05) is 32.4 Å². The van der Waals surface area contributed by atoms with Crippen molar-refractivity contribution in [3.8, 4) is 5.75 Å². The molecule has 12 heteroatoms. The molecule has 3 amide bonds. The van der Waals surface area contributed by atoms with Crippen molar-refractivity contribution in [1.82, 2.24) is 25.9 Å². The monoisotopic (exact) mass is 488 g/mol. The van der Waals surface area contributed by atoms with E-state index in [0.29, 0.717) is 17.7 Å². The smallest absolute Gasteiger partial charge is 0.326 e. The molecule has 1 aromatic carbocycles. The van der Waals surface area contributed by atoms with Crippen molar-refractivity contribution in [2.24, 2.45) is 11.7 Å². The Labute approximate surface area is 202 Å². The van der Waals surface area contributed by atoms with Crippen LogP contribution in [0.2, 0.25) is 0 Å². The van der Waals surface area contributed by atoms with Gasteiger partial charge in [0.15, 0.2) is 0 Å². The van der Waals surface area contributed by atoms with Gasteiger partial charge in [0.2, 0.25) is 17.7 Å². The van der Waals surface area contributed by atoms with E-state index in [0.717, 1.165) is 0 Å². The van der Waals surface area contributed by atoms with Gasteiger partial charge in [-0.3, -0.25) is 14.4 Å². The molecule has 0 saturated carbocycles. The first-order valence-corrected chi connectivity index (χ1v) is 11.2. The molecule has 0 fully saturated rings. The van der Waals surface area contributed by atoms with Crippen LogP contribution in [0.25, 0.3) is 0 Å². The Hall–Kier alpha value is -3.93. The van der Waals surface area contributed by atoms with Gasteiger partial charge in [0.1, 0.15) is 23.9 Å². The van der Waals surface area contributed by atoms with Crippen molar-refractivity contribution in [1.29, 1.82) is 0 Å². The summed E-state index contributed by atoms with van der Waals surface area (Å²) < 4.78 is 0. The highest BCUT2D eigenvalue weighted by molar-refractivity contribution is 5.94. The van der Waals surface area contributed by atoms with E-state index in [1.54, 1.807) is 19.1 Å². The summed E-state index contributed by atoms with van der Waals surface area (Å²) >= 11 is 0. The zero-order valence-corrected chi connectivity index (χ0v) is 19.7. The Bertz CT molecular complexity index is 994. The third kappa shape index (κ3) is 8.41. The predicted molar refractivity (Wildman–Crippen MR) is 126 cm³/mol. The largest absolute Gasteiger partial charge is 0.508 e. The quantitative estimate of drug-likeness (QED) is 0.194. The summed E-state index contributed by atoms with van der Waals surface area (Å²) in [6.45, 7) is 3.33. The number of rotatable bonds is 13. The fourth-order valence-corrected chi connectivity index (χ4v) is 3.36. The number of carboxylic acid groups (broad SMARTS) is 1. The van der Waals surface area contributed by atoms with Gasteiger partial charge >= 0.3 is 5.97 Å². The fourth-order valence-electron chi connectivity index (χ4n) is 3.36. The van der Waals surface area contributed by atoms with Gasteiger partial charge in [0, 0.05) is 24.7 Å². The first kappa shape index (κ1) is 27.3. The standard InChI is InChI=1S/C23H32N6O6/c1-3-13(2)20(29-19(31)10-24)22(33)27-17(8-14-4-6-16(30)7-5-14)21(32)28-18(23(34)35)9-15-11-25-12-26-15/h4-7,11-13,17-18,20,30H,3,8-10,24H2,1-2H3,(H,25,26)(H,27,33)(H,28,32)(H,29,31)(H,34,35). The number of nitrogens with two attached hydrogens (primary N) is 1. The molecule has 0 saturated heterocycles. The number of aromatic amines is 1. The van der Waals surface area contributed by atoms with Crippen LogP contribution in [0.5, 0.6) is 5.75 Å². The molecule has 0 aliphatic rings. The average Bonchev–Trinajstić information content (AvgIpc) is 3.35. The number of hydrogen-bond acceptors (Lipinski definition) is 7. The molecule has 0 aliphatic carbocycles. The van der Waals surface area contributed by atoms with Gasteiger partial charge in [-0.15, -0.1) is 0 Å². The molecular weight excluding hydrogens is 456 g/mol. The van der Waals surface area contributed by atoms with E-state index in [9.17, 15) is 29.4 Å². The number of amides is 3. The van der Waals surface area contributed by atoms with Crippen LogP contribution in [0, 0.1) is 5.92 Å². The highest BCUT2D eigenvalue weighted by Crippen LogP contribution is 2.13. The molecule has 4 unspecified atom stereocenters. The van der Waals surface area contributed by atoms with E-state index in [-0.39, 0.29) is 31.1 Å². The molecule has 4 atom stereocenters. The molecule has 1 aromatic heterocycles. The van der Waals surface area contributed by atoms with Crippen LogP contribution >= 0.6 is 0 Å². The van der Waals surface area contributed by atoms with Crippen LogP contribution in [0.15, 0.2) is 36.8 Å². The lowest BCUT2D eigenvalue weighted by atomic mass is 9.97. The maximum absolute atomic E-state index is 13.2. The van der Waals surface area contributed by atoms with Crippen molar-refractivity contribution >= 4 is 23.7 Å². The number of aliphatic carboxylic acids is 1. The Kier molecular flexibility index (Phi) is 10.2. The number of benzene rings is 1. The first-order chi connectivity index (χ1) is 16.6. The van der Waals surface area contributed by atoms with Crippen LogP contribution in [0.3, 0.4) is 0 Å². The van der Waals surface area contributed by atoms with Crippen molar-refractivity contribution in [2.75, 3.05) is 6.54 Å². The number of nitrogens with zero attached hydrogens (tertiary/aromatic N) is 1. The minimum absolute atomic E-state index is 0.0201. The van der Waals surface area contributed by atoms with Gasteiger partial charge in [-0.25, -0.2) is 9.78 Å². The van der Waals surface area contributed by atoms with Gasteiger partial charge in [0.25, 0.3) is 0 Å². The third-order valence-electron chi connectivity index (χ3n) is 5.60. The maximum atomic E-state index is 13.2. The van der Waals surface area contributed by atoms with Crippen LogP contribution in [-0.2, 0) is 32.0 Å². The summed E-state index contributed by atoms with van der Waals surface area (Å²) in [6.07, 6.45) is 3.40. The lowest BCUT2D eigenvalue weighted by Gasteiger charge is -2.27. The summed E-state index contributed by atoms with van der Waals surface area (Å²) in [4.78, 5) is 56.5. The number of phenols is 1. The number of carbonyl (C=O) groups excluding carboxylic acids is 3. The van der Waals surface area contributed by atoms with E-state index in [1.165, 1.54) is 24.7 Å². The van der Waals surface area contributed by atoms with Gasteiger partial charge in [-0.2, -0.15) is 0 Å². The summed E-state index contributed by atoms with van der Waals surface area (Å²) in [6, 6.07) is 2.68. The molecule has 0 radical (unpaired) electrons. The third-order valence-corrected chi connectivity index (χ3v) is 5.60. The SMILES string of the molecule is CCC(C)C(NC(=O)CN)C(=O)NC(Cc1ccc(O)cc1)C(=O)NC(Cc1cnc[nH]1)C(=O)O. The first-order valence-electron chi connectivity index (χ1n) is 11.2. The van der Waals surface area contributed by atoms with Gasteiger partial charge in [0.05, 0.1) is 12.9 Å². The van der Waals surface area contributed by atoms with Crippen molar-refractivity contribution in [2.45, 2.75) is 51.2 Å². The second-order valence-electron chi connectivity index (χ2n) is 8.25. The molecule has 8 N–H and O–H groups in total. The summed E-state index contributed by atoms with van der Waals surface area (Å²) in [5.41, 5.74) is 6.51. The van der Waals surface area contributed by atoms with E-state index >= 15 is 0 Å². The van der Waals surface area contributed by atoms with Crippen LogP contribution in [0.4, 0.5) is 0 Å². The number of carboxylic acids is 1. The second kappa shape index (κ2) is 13.1. The van der Waals surface area contributed by atoms with E-state index < -0.39 is 41.8 Å². The van der Waals surface area contributed by atoms with E-state index in [4.69, 9.17) is 5.73 Å². The summed E-state index contributed by atoms with van der Waals surface area (Å²) in [7, 11) is 0. The highest BCUT2D eigenvalue weighted by Gasteiger charge is 2.31. The fraction of sp³-hybridized carbons (Fsp3) is 0.435. The highest BCUT2D eigenvalue weighted by atomic mass is 16.4. The minimum Gasteiger partial charge on any atom is -0.508 e. The van der Waals surface area contributed by atoms with Crippen LogP contribution in [-0.4, -0.2) is 68.5 Å². The van der Waals surface area contributed by atoms with E-state index in [2.05, 4.69) is 25.9 Å². The number of hydrogen-bond donors (Lipinski definition) is 7. The Balaban J connectivity index is 2.25. The van der Waals surface area contributed by atoms with Gasteiger partial charge < -0.3 is 36.9 Å². The number of carbonyl (C=O) groups is 4. The molecular formula is C23H32N6O6. The number of phenolic OH excluding ortho intramolecular Hbond substituents is 1. The molecule has 12 nitrogen and oxygen atoms in total. The summed E-state index contributed by atoms with van der Waals surface area (Å²) in [5.74, 6) is -3.31. The van der Waals surface area contributed by atoms with Crippen LogP contribution < -0.4 is 21.7 Å². The van der Waals surface area contributed by atoms with Gasteiger partial charge in [-0.05, 0) is 23.6 Å². The van der Waals surface area contributed by atoms with Crippen LogP contribution in [0.1, 0.15) is 31.5 Å². The maximum Gasteiger partial charge on any atom is 0.326 e. The number of nitrogens with one attached hydrogen (secondary N) is 4. The van der Waals surface area contributed by atoms with Crippen molar-refractivity contribution in [3.63, 3.8) is 0 Å². The van der Waals surface area contributed by atoms with Crippen molar-refractivity contribution < 1.29 is 29.4 Å². The Morgan fingerprint density at radius 3 is 2.23 bits per heavy atom. The van der Waals surface area contributed by atoms with E-state index in [1.807, 2.05) is 6.92 Å². The normalized spacial score (nSPS) is 14.3. The number of aromatic hydroxyl groups is 1. The Morgan fingerprint density at radius 1 is 1.03 bits per heavy atom. The molecule has 0 bridgehead atoms. The number of H-pyrrole nitrogens is 1.